The molecule has 11 heteroatoms. The zero-order chi connectivity index (χ0) is 19.3. The molecule has 7 nitrogen and oxygen atoms in total. The van der Waals surface area contributed by atoms with E-state index in [0.717, 1.165) is 18.2 Å². The number of carbonyl (C=O) groups is 2. The molecular weight excluding hydrogens is 365 g/mol. The normalized spacial score (nSPS) is 13.3. The Morgan fingerprint density at radius 2 is 1.92 bits per heavy atom. The van der Waals surface area contributed by atoms with E-state index in [2.05, 4.69) is 0 Å². The highest BCUT2D eigenvalue weighted by Crippen LogP contribution is 2.15. The lowest BCUT2D eigenvalue weighted by Gasteiger charge is -2.14. The van der Waals surface area contributed by atoms with Gasteiger partial charge in [0.2, 0.25) is 10.0 Å². The molecule has 1 aromatic carbocycles. The summed E-state index contributed by atoms with van der Waals surface area (Å²) in [4.78, 5) is 22.3. The van der Waals surface area contributed by atoms with Crippen molar-refractivity contribution in [3.05, 3.63) is 29.8 Å². The van der Waals surface area contributed by atoms with Crippen LogP contribution in [0.1, 0.15) is 30.1 Å². The van der Waals surface area contributed by atoms with Crippen molar-refractivity contribution in [1.29, 1.82) is 0 Å². The Kier molecular flexibility index (Phi) is 6.94. The average molecular weight is 382 g/mol. The number of halogens is 3. The van der Waals surface area contributed by atoms with Crippen LogP contribution >= 0.6 is 0 Å². The molecule has 1 unspecified atom stereocenters. The zero-order valence-corrected chi connectivity index (χ0v) is 13.9. The summed E-state index contributed by atoms with van der Waals surface area (Å²) in [5.41, 5.74) is -0.297. The van der Waals surface area contributed by atoms with Gasteiger partial charge in [-0.2, -0.15) is 17.9 Å². The van der Waals surface area contributed by atoms with E-state index in [1.807, 2.05) is 4.72 Å². The van der Waals surface area contributed by atoms with Gasteiger partial charge in [0.15, 0.2) is 0 Å². The minimum atomic E-state index is -4.60. The number of hydrogen-bond donors (Lipinski definition) is 3. The molecule has 0 radical (unpaired) electrons. The lowest BCUT2D eigenvalue weighted by atomic mass is 10.2. The van der Waals surface area contributed by atoms with Crippen molar-refractivity contribution in [3.8, 4) is 0 Å². The summed E-state index contributed by atoms with van der Waals surface area (Å²) in [5, 5.41) is 10.6. The van der Waals surface area contributed by atoms with Crippen molar-refractivity contribution >= 4 is 21.9 Å². The van der Waals surface area contributed by atoms with Gasteiger partial charge in [0.1, 0.15) is 12.6 Å². The Balaban J connectivity index is 2.98. The van der Waals surface area contributed by atoms with E-state index in [1.165, 1.54) is 6.07 Å². The first-order chi connectivity index (χ1) is 11.5. The minimum Gasteiger partial charge on any atom is -0.480 e. The number of rotatable bonds is 8. The highest BCUT2D eigenvalue weighted by molar-refractivity contribution is 7.89. The second-order valence-electron chi connectivity index (χ2n) is 5.13. The van der Waals surface area contributed by atoms with Crippen LogP contribution < -0.4 is 10.0 Å². The van der Waals surface area contributed by atoms with E-state index in [4.69, 9.17) is 5.11 Å². The summed E-state index contributed by atoms with van der Waals surface area (Å²) in [6.45, 7) is 0.120. The molecule has 0 heterocycles. The topological polar surface area (TPSA) is 113 Å². The number of amides is 1. The molecule has 1 amide bonds. The molecule has 25 heavy (non-hydrogen) atoms. The van der Waals surface area contributed by atoms with Crippen LogP contribution in [0.4, 0.5) is 13.2 Å². The third-order valence-electron chi connectivity index (χ3n) is 3.03. The van der Waals surface area contributed by atoms with Gasteiger partial charge in [0, 0.05) is 5.56 Å². The van der Waals surface area contributed by atoms with Crippen LogP contribution in [0, 0.1) is 0 Å². The van der Waals surface area contributed by atoms with Crippen molar-refractivity contribution in [1.82, 2.24) is 10.0 Å². The van der Waals surface area contributed by atoms with E-state index < -0.39 is 45.6 Å². The lowest BCUT2D eigenvalue weighted by Crippen LogP contribution is -2.40. The van der Waals surface area contributed by atoms with Gasteiger partial charge in [-0.25, -0.2) is 8.42 Å². The Morgan fingerprint density at radius 3 is 2.44 bits per heavy atom. The highest BCUT2D eigenvalue weighted by Gasteiger charge is 2.28. The van der Waals surface area contributed by atoms with Gasteiger partial charge < -0.3 is 10.4 Å². The monoisotopic (exact) mass is 382 g/mol. The number of benzene rings is 1. The van der Waals surface area contributed by atoms with Crippen LogP contribution in [0.2, 0.25) is 0 Å². The largest absolute Gasteiger partial charge is 0.480 e. The molecule has 0 fully saturated rings. The fourth-order valence-corrected chi connectivity index (χ4v) is 3.13. The summed E-state index contributed by atoms with van der Waals surface area (Å²) < 4.78 is 62.8. The molecule has 0 spiro atoms. The van der Waals surface area contributed by atoms with E-state index in [1.54, 1.807) is 12.2 Å². The Bertz CT molecular complexity index is 734. The van der Waals surface area contributed by atoms with Crippen LogP contribution in [0.3, 0.4) is 0 Å². The Hall–Kier alpha value is -2.14. The molecule has 0 bridgehead atoms. The molecular formula is C14H17F3N2O5S. The highest BCUT2D eigenvalue weighted by atomic mass is 32.2. The van der Waals surface area contributed by atoms with E-state index in [9.17, 15) is 31.2 Å². The van der Waals surface area contributed by atoms with Crippen molar-refractivity contribution in [2.24, 2.45) is 0 Å². The van der Waals surface area contributed by atoms with Gasteiger partial charge in [-0.1, -0.05) is 19.4 Å². The first-order valence-corrected chi connectivity index (χ1v) is 8.64. The quantitative estimate of drug-likeness (QED) is 0.631. The van der Waals surface area contributed by atoms with Gasteiger partial charge >= 0.3 is 12.1 Å². The number of carboxylic acid groups (broad SMARTS) is 1. The summed E-state index contributed by atoms with van der Waals surface area (Å²) in [6.07, 6.45) is -4.13. The van der Waals surface area contributed by atoms with Crippen LogP contribution in [-0.4, -0.2) is 44.2 Å². The number of aliphatic carboxylic acids is 1. The van der Waals surface area contributed by atoms with Crippen LogP contribution in [-0.2, 0) is 14.8 Å². The minimum absolute atomic E-state index is 0.0559. The number of alkyl halides is 3. The molecule has 0 aliphatic carbocycles. The molecule has 0 aliphatic rings. The fraction of sp³-hybridized carbons (Fsp3) is 0.429. The predicted octanol–water partition coefficient (Wildman–Crippen LogP) is 1.51. The number of hydrogen-bond acceptors (Lipinski definition) is 4. The molecule has 0 saturated carbocycles. The summed E-state index contributed by atoms with van der Waals surface area (Å²) in [6, 6.07) is 2.95. The molecule has 3 N–H and O–H groups in total. The summed E-state index contributed by atoms with van der Waals surface area (Å²) in [7, 11) is -4.26. The smallest absolute Gasteiger partial charge is 0.405 e. The van der Waals surface area contributed by atoms with Crippen molar-refractivity contribution < 1.29 is 36.3 Å². The first kappa shape index (κ1) is 20.9. The maximum atomic E-state index is 12.2. The standard InChI is InChI=1S/C14H17F3N2O5S/c1-2-4-11(13(21)22)19-25(23,24)10-6-3-5-9(7-10)12(20)18-8-14(15,16)17/h3,5-7,11,19H,2,4,8H2,1H3,(H,18,20)(H,21,22). The Morgan fingerprint density at radius 1 is 1.28 bits per heavy atom. The van der Waals surface area contributed by atoms with E-state index in [-0.39, 0.29) is 12.0 Å². The average Bonchev–Trinajstić information content (AvgIpc) is 2.51. The molecule has 0 saturated heterocycles. The fourth-order valence-electron chi connectivity index (χ4n) is 1.86. The second kappa shape index (κ2) is 8.30. The maximum Gasteiger partial charge on any atom is 0.405 e. The van der Waals surface area contributed by atoms with Gasteiger partial charge in [0.05, 0.1) is 4.90 Å². The van der Waals surface area contributed by atoms with Crippen LogP contribution in [0.25, 0.3) is 0 Å². The third kappa shape index (κ3) is 6.70. The molecule has 0 aliphatic heterocycles. The SMILES string of the molecule is CCCC(NS(=O)(=O)c1cccc(C(=O)NCC(F)(F)F)c1)C(=O)O. The molecule has 140 valence electrons. The van der Waals surface area contributed by atoms with Crippen molar-refractivity contribution in [2.45, 2.75) is 36.9 Å². The maximum absolute atomic E-state index is 12.2. The second-order valence-corrected chi connectivity index (χ2v) is 6.84. The zero-order valence-electron chi connectivity index (χ0n) is 13.1. The summed E-state index contributed by atoms with van der Waals surface area (Å²) >= 11 is 0. The Labute approximate surface area is 142 Å². The van der Waals surface area contributed by atoms with Gasteiger partial charge in [-0.3, -0.25) is 9.59 Å². The van der Waals surface area contributed by atoms with Gasteiger partial charge in [-0.15, -0.1) is 0 Å². The van der Waals surface area contributed by atoms with Gasteiger partial charge in [-0.05, 0) is 24.6 Å². The molecule has 0 aromatic heterocycles. The van der Waals surface area contributed by atoms with E-state index in [0.29, 0.717) is 6.42 Å². The van der Waals surface area contributed by atoms with Crippen molar-refractivity contribution in [2.75, 3.05) is 6.54 Å². The van der Waals surface area contributed by atoms with Crippen LogP contribution in [0.5, 0.6) is 0 Å². The lowest BCUT2D eigenvalue weighted by molar-refractivity contribution is -0.139. The molecule has 1 rings (SSSR count). The number of carbonyl (C=O) groups excluding carboxylic acids is 1. The van der Waals surface area contributed by atoms with Crippen molar-refractivity contribution in [3.63, 3.8) is 0 Å². The van der Waals surface area contributed by atoms with Crippen LogP contribution in [0.15, 0.2) is 29.2 Å². The molecule has 1 aromatic rings. The number of carboxylic acids is 1. The summed E-state index contributed by atoms with van der Waals surface area (Å²) in [5.74, 6) is -2.46. The first-order valence-electron chi connectivity index (χ1n) is 7.16. The number of sulfonamides is 1. The molecule has 1 atom stereocenters. The third-order valence-corrected chi connectivity index (χ3v) is 4.50. The van der Waals surface area contributed by atoms with E-state index >= 15 is 0 Å². The predicted molar refractivity (Wildman–Crippen MR) is 81.5 cm³/mol. The van der Waals surface area contributed by atoms with Gasteiger partial charge in [0.25, 0.3) is 5.91 Å². The number of nitrogens with one attached hydrogen (secondary N) is 2.